The molecule has 0 aliphatic carbocycles. The van der Waals surface area contributed by atoms with Crippen LogP contribution in [0.1, 0.15) is 49.1 Å². The Labute approximate surface area is 165 Å². The van der Waals surface area contributed by atoms with E-state index in [1.54, 1.807) is 0 Å². The van der Waals surface area contributed by atoms with Gasteiger partial charge < -0.3 is 10.1 Å². The molecule has 5 nitrogen and oxygen atoms in total. The zero-order chi connectivity index (χ0) is 19.1. The molecule has 0 spiro atoms. The number of thiophene rings is 1. The van der Waals surface area contributed by atoms with E-state index in [0.717, 1.165) is 44.5 Å². The first kappa shape index (κ1) is 19.8. The first-order valence-electron chi connectivity index (χ1n) is 9.98. The first-order valence-corrected chi connectivity index (χ1v) is 10.9. The number of hydrogen-bond donors (Lipinski definition) is 1. The number of carbonyl (C=O) groups excluding carboxylic acids is 1. The highest BCUT2D eigenvalue weighted by molar-refractivity contribution is 7.10. The third-order valence-corrected chi connectivity index (χ3v) is 5.80. The molecular formula is C21H29N3O2S. The van der Waals surface area contributed by atoms with Gasteiger partial charge in [0.25, 0.3) is 0 Å². The van der Waals surface area contributed by atoms with Crippen LogP contribution in [0.5, 0.6) is 5.88 Å². The Morgan fingerprint density at radius 1 is 1.15 bits per heavy atom. The van der Waals surface area contributed by atoms with Crippen LogP contribution in [0.25, 0.3) is 0 Å². The van der Waals surface area contributed by atoms with Crippen LogP contribution in [0.3, 0.4) is 0 Å². The van der Waals surface area contributed by atoms with Crippen molar-refractivity contribution in [3.63, 3.8) is 0 Å². The second-order valence-electron chi connectivity index (χ2n) is 6.66. The minimum atomic E-state index is 0.0348. The lowest BCUT2D eigenvalue weighted by Crippen LogP contribution is -2.30. The molecule has 146 valence electrons. The zero-order valence-corrected chi connectivity index (χ0v) is 17.1. The fourth-order valence-corrected chi connectivity index (χ4v) is 4.37. The van der Waals surface area contributed by atoms with E-state index in [2.05, 4.69) is 26.6 Å². The molecule has 6 heteroatoms. The van der Waals surface area contributed by atoms with E-state index in [-0.39, 0.29) is 5.91 Å². The molecule has 2 aliphatic rings. The zero-order valence-electron chi connectivity index (χ0n) is 16.3. The van der Waals surface area contributed by atoms with Gasteiger partial charge in [-0.2, -0.15) is 4.98 Å². The number of anilines is 1. The number of rotatable bonds is 6. The number of nitrogens with one attached hydrogen (secondary N) is 1. The van der Waals surface area contributed by atoms with E-state index in [0.29, 0.717) is 24.7 Å². The predicted octanol–water partition coefficient (Wildman–Crippen LogP) is 4.27. The van der Waals surface area contributed by atoms with E-state index < -0.39 is 0 Å². The van der Waals surface area contributed by atoms with Crippen molar-refractivity contribution in [1.29, 1.82) is 0 Å². The highest BCUT2D eigenvalue weighted by Gasteiger charge is 2.17. The molecule has 0 aromatic carbocycles. The van der Waals surface area contributed by atoms with Gasteiger partial charge in [0.2, 0.25) is 11.8 Å². The molecule has 0 atom stereocenters. The molecule has 0 bridgehead atoms. The van der Waals surface area contributed by atoms with Gasteiger partial charge in [0.15, 0.2) is 0 Å². The maximum atomic E-state index is 11.5. The largest absolute Gasteiger partial charge is 0.478 e. The Kier molecular flexibility index (Phi) is 7.24. The number of unbranched alkanes of at least 4 members (excludes halogenated alkanes) is 1. The van der Waals surface area contributed by atoms with E-state index in [4.69, 9.17) is 4.74 Å². The van der Waals surface area contributed by atoms with Crippen LogP contribution in [0.15, 0.2) is 23.6 Å². The molecule has 27 heavy (non-hydrogen) atoms. The molecular weight excluding hydrogens is 358 g/mol. The number of aryl methyl sites for hydroxylation is 1. The highest BCUT2D eigenvalue weighted by atomic mass is 32.1. The van der Waals surface area contributed by atoms with Crippen molar-refractivity contribution in [2.24, 2.45) is 0 Å². The van der Waals surface area contributed by atoms with Gasteiger partial charge in [-0.1, -0.05) is 13.8 Å². The summed E-state index contributed by atoms with van der Waals surface area (Å²) in [5.74, 6) is 1.29. The predicted molar refractivity (Wildman–Crippen MR) is 111 cm³/mol. The maximum Gasteiger partial charge on any atom is 0.225 e. The Morgan fingerprint density at radius 2 is 2.04 bits per heavy atom. The minimum Gasteiger partial charge on any atom is -0.478 e. The van der Waals surface area contributed by atoms with E-state index >= 15 is 0 Å². The molecule has 1 N–H and O–H groups in total. The normalized spacial score (nSPS) is 15.9. The Hall–Kier alpha value is -1.92. The fraction of sp³-hybridized carbons (Fsp3) is 0.524. The van der Waals surface area contributed by atoms with Crippen LogP contribution in [-0.4, -0.2) is 35.5 Å². The standard InChI is InChI=1S/C19H23N3O2S.C2H6/c23-17-5-3-15-4-6-18(21-19(15)20-17)24-11-2-1-9-22-10-7-14-8-12-25-16(14)13-22;1-2/h4,6,8,12H,1-3,5,7,9-11,13H2,(H,20,21,23);1-2H3. The monoisotopic (exact) mass is 387 g/mol. The van der Waals surface area contributed by atoms with E-state index in [1.165, 1.54) is 16.9 Å². The van der Waals surface area contributed by atoms with Crippen LogP contribution in [0.2, 0.25) is 0 Å². The van der Waals surface area contributed by atoms with Crippen molar-refractivity contribution in [1.82, 2.24) is 9.88 Å². The lowest BCUT2D eigenvalue weighted by atomic mass is 10.1. The maximum absolute atomic E-state index is 11.5. The summed E-state index contributed by atoms with van der Waals surface area (Å²) in [5.41, 5.74) is 2.63. The summed E-state index contributed by atoms with van der Waals surface area (Å²) in [6.07, 6.45) is 4.62. The van der Waals surface area contributed by atoms with Crippen LogP contribution >= 0.6 is 11.3 Å². The average molecular weight is 388 g/mol. The van der Waals surface area contributed by atoms with Gasteiger partial charge in [0, 0.05) is 30.5 Å². The molecule has 2 aliphatic heterocycles. The van der Waals surface area contributed by atoms with E-state index in [9.17, 15) is 4.79 Å². The number of nitrogens with zero attached hydrogens (tertiary/aromatic N) is 2. The first-order chi connectivity index (χ1) is 13.3. The number of aromatic nitrogens is 1. The summed E-state index contributed by atoms with van der Waals surface area (Å²) in [5, 5.41) is 5.02. The topological polar surface area (TPSA) is 54.5 Å². The quantitative estimate of drug-likeness (QED) is 0.752. The molecule has 0 saturated heterocycles. The molecule has 0 unspecified atom stereocenters. The third-order valence-electron chi connectivity index (χ3n) is 4.85. The molecule has 2 aromatic rings. The molecule has 0 saturated carbocycles. The van der Waals surface area contributed by atoms with Crippen LogP contribution < -0.4 is 10.1 Å². The lowest BCUT2D eigenvalue weighted by molar-refractivity contribution is -0.116. The summed E-state index contributed by atoms with van der Waals surface area (Å²) >= 11 is 1.88. The number of fused-ring (bicyclic) bond motifs is 2. The fourth-order valence-electron chi connectivity index (χ4n) is 3.40. The van der Waals surface area contributed by atoms with Gasteiger partial charge in [-0.25, -0.2) is 0 Å². The van der Waals surface area contributed by atoms with Crippen molar-refractivity contribution in [2.75, 3.05) is 25.0 Å². The number of carbonyl (C=O) groups is 1. The number of pyridine rings is 1. The summed E-state index contributed by atoms with van der Waals surface area (Å²) in [4.78, 5) is 19.9. The third kappa shape index (κ3) is 5.30. The van der Waals surface area contributed by atoms with Crippen molar-refractivity contribution < 1.29 is 9.53 Å². The Morgan fingerprint density at radius 3 is 2.93 bits per heavy atom. The van der Waals surface area contributed by atoms with Crippen molar-refractivity contribution >= 4 is 23.1 Å². The summed E-state index contributed by atoms with van der Waals surface area (Å²) < 4.78 is 5.76. The van der Waals surface area contributed by atoms with Crippen molar-refractivity contribution in [3.8, 4) is 5.88 Å². The van der Waals surface area contributed by atoms with Gasteiger partial charge in [-0.15, -0.1) is 11.3 Å². The average Bonchev–Trinajstić information content (AvgIpc) is 3.17. The summed E-state index contributed by atoms with van der Waals surface area (Å²) in [6.45, 7) is 8.04. The van der Waals surface area contributed by atoms with Gasteiger partial charge >= 0.3 is 0 Å². The summed E-state index contributed by atoms with van der Waals surface area (Å²) in [7, 11) is 0. The molecule has 4 heterocycles. The molecule has 0 fully saturated rings. The van der Waals surface area contributed by atoms with Crippen LogP contribution in [0, 0.1) is 0 Å². The SMILES string of the molecule is CC.O=C1CCc2ccc(OCCCCN3CCc4ccsc4C3)nc2N1. The molecule has 1 amide bonds. The van der Waals surface area contributed by atoms with E-state index in [1.807, 2.05) is 37.3 Å². The number of amides is 1. The van der Waals surface area contributed by atoms with Gasteiger partial charge in [-0.05, 0) is 60.9 Å². The Bertz CT molecular complexity index is 760. The Balaban J connectivity index is 0.00000102. The number of ether oxygens (including phenoxy) is 1. The molecule has 0 radical (unpaired) electrons. The van der Waals surface area contributed by atoms with Gasteiger partial charge in [0.1, 0.15) is 5.82 Å². The smallest absolute Gasteiger partial charge is 0.225 e. The van der Waals surface area contributed by atoms with Crippen LogP contribution in [-0.2, 0) is 24.2 Å². The number of hydrogen-bond acceptors (Lipinski definition) is 5. The minimum absolute atomic E-state index is 0.0348. The van der Waals surface area contributed by atoms with Crippen molar-refractivity contribution in [3.05, 3.63) is 39.6 Å². The molecule has 2 aromatic heterocycles. The second-order valence-corrected chi connectivity index (χ2v) is 7.66. The summed E-state index contributed by atoms with van der Waals surface area (Å²) in [6, 6.07) is 6.17. The van der Waals surface area contributed by atoms with Gasteiger partial charge in [-0.3, -0.25) is 9.69 Å². The molecule has 4 rings (SSSR count). The second kappa shape index (κ2) is 9.85. The lowest BCUT2D eigenvalue weighted by Gasteiger charge is -2.26. The van der Waals surface area contributed by atoms with Crippen LogP contribution in [0.4, 0.5) is 5.82 Å². The highest BCUT2D eigenvalue weighted by Crippen LogP contribution is 2.25. The van der Waals surface area contributed by atoms with Crippen molar-refractivity contribution in [2.45, 2.75) is 52.5 Å². The van der Waals surface area contributed by atoms with Gasteiger partial charge in [0.05, 0.1) is 6.61 Å².